The minimum Gasteiger partial charge on any atom is -0.413 e. The zero-order valence-corrected chi connectivity index (χ0v) is 20.0. The molecule has 0 bridgehead atoms. The molecule has 1 aliphatic carbocycles. The Kier molecular flexibility index (Phi) is 6.20. The second kappa shape index (κ2) is 9.34. The molecule has 0 saturated heterocycles. The van der Waals surface area contributed by atoms with Crippen molar-refractivity contribution in [3.05, 3.63) is 73.7 Å². The fraction of sp³-hybridized carbons (Fsp3) is 0.360. The van der Waals surface area contributed by atoms with Gasteiger partial charge in [-0.1, -0.05) is 24.3 Å². The van der Waals surface area contributed by atoms with Crippen LogP contribution in [-0.4, -0.2) is 58.6 Å². The highest BCUT2D eigenvalue weighted by molar-refractivity contribution is 6.11. The highest BCUT2D eigenvalue weighted by atomic mass is 16.7. The number of aryl methyl sites for hydroxylation is 2. The van der Waals surface area contributed by atoms with E-state index in [9.17, 15) is 19.5 Å². The number of aliphatic hydroxyl groups is 1. The number of ether oxygens (including phenoxy) is 2. The summed E-state index contributed by atoms with van der Waals surface area (Å²) in [6.45, 7) is 2.08. The standard InChI is InChI=1S/C25H25N3O8/c1-13-26-19-17(28(13)3)11-16(21-22(19)36-25(32)24(31)35-21)23(30)27(2)8-9-33-12-34-20-15-7-5-4-6-14(15)10-18(20)29/h4-7,11,18,20,29H,8-10,12H2,1-3H3. The number of imidazole rings is 1. The van der Waals surface area contributed by atoms with Crippen LogP contribution in [-0.2, 0) is 22.9 Å². The number of hydrogen-bond donors (Lipinski definition) is 1. The predicted octanol–water partition coefficient (Wildman–Crippen LogP) is 1.66. The van der Waals surface area contributed by atoms with Crippen LogP contribution < -0.4 is 11.3 Å². The van der Waals surface area contributed by atoms with Crippen LogP contribution >= 0.6 is 0 Å². The van der Waals surface area contributed by atoms with Crippen molar-refractivity contribution in [2.45, 2.75) is 25.6 Å². The van der Waals surface area contributed by atoms with E-state index in [1.807, 2.05) is 24.3 Å². The first-order valence-corrected chi connectivity index (χ1v) is 11.4. The number of aliphatic hydroxyl groups excluding tert-OH is 1. The van der Waals surface area contributed by atoms with Crippen LogP contribution in [0.3, 0.4) is 0 Å². The summed E-state index contributed by atoms with van der Waals surface area (Å²) in [5.41, 5.74) is 0.353. The molecule has 11 heteroatoms. The van der Waals surface area contributed by atoms with E-state index in [0.717, 1.165) is 11.1 Å². The highest BCUT2D eigenvalue weighted by Crippen LogP contribution is 2.34. The van der Waals surface area contributed by atoms with E-state index in [4.69, 9.17) is 18.3 Å². The number of carbonyl (C=O) groups excluding carboxylic acids is 1. The molecule has 5 rings (SSSR count). The minimum atomic E-state index is -1.21. The second-order valence-corrected chi connectivity index (χ2v) is 8.76. The lowest BCUT2D eigenvalue weighted by Crippen LogP contribution is -2.31. The maximum atomic E-state index is 13.3. The van der Waals surface area contributed by atoms with Gasteiger partial charge in [0.2, 0.25) is 5.58 Å². The molecule has 0 saturated carbocycles. The SMILES string of the molecule is Cc1nc2c3oc(=O)c(=O)oc3c(C(=O)N(C)CCOCOC3c4ccccc4CC3O)cc2n1C. The maximum absolute atomic E-state index is 13.3. The summed E-state index contributed by atoms with van der Waals surface area (Å²) < 4.78 is 23.4. The fourth-order valence-corrected chi connectivity index (χ4v) is 4.44. The van der Waals surface area contributed by atoms with Crippen LogP contribution in [0, 0.1) is 6.92 Å². The first-order chi connectivity index (χ1) is 17.3. The van der Waals surface area contributed by atoms with Gasteiger partial charge in [-0.2, -0.15) is 0 Å². The summed E-state index contributed by atoms with van der Waals surface area (Å²) in [6.07, 6.45) is -0.564. The Morgan fingerprint density at radius 2 is 1.94 bits per heavy atom. The first-order valence-electron chi connectivity index (χ1n) is 11.4. The molecule has 2 aromatic carbocycles. The molecule has 4 aromatic rings. The van der Waals surface area contributed by atoms with Crippen LogP contribution in [0.5, 0.6) is 0 Å². The van der Waals surface area contributed by atoms with E-state index >= 15 is 0 Å². The normalized spacial score (nSPS) is 17.1. The number of rotatable bonds is 7. The van der Waals surface area contributed by atoms with E-state index in [-0.39, 0.29) is 36.7 Å². The van der Waals surface area contributed by atoms with Gasteiger partial charge in [0.1, 0.15) is 24.2 Å². The third-order valence-electron chi connectivity index (χ3n) is 6.49. The topological polar surface area (TPSA) is 137 Å². The van der Waals surface area contributed by atoms with Gasteiger partial charge in [-0.3, -0.25) is 4.79 Å². The summed E-state index contributed by atoms with van der Waals surface area (Å²) in [4.78, 5) is 42.7. The molecular weight excluding hydrogens is 470 g/mol. The van der Waals surface area contributed by atoms with Gasteiger partial charge in [-0.05, 0) is 24.1 Å². The number of benzene rings is 2. The summed E-state index contributed by atoms with van der Waals surface area (Å²) >= 11 is 0. The summed E-state index contributed by atoms with van der Waals surface area (Å²) in [5.74, 6) is 0.170. The molecule has 36 heavy (non-hydrogen) atoms. The molecule has 2 atom stereocenters. The van der Waals surface area contributed by atoms with Gasteiger partial charge in [-0.15, -0.1) is 0 Å². The Hall–Kier alpha value is -3.80. The fourth-order valence-electron chi connectivity index (χ4n) is 4.44. The third-order valence-corrected chi connectivity index (χ3v) is 6.49. The molecule has 0 aliphatic heterocycles. The summed E-state index contributed by atoms with van der Waals surface area (Å²) in [6, 6.07) is 9.27. The predicted molar refractivity (Wildman–Crippen MR) is 128 cm³/mol. The number of amides is 1. The van der Waals surface area contributed by atoms with E-state index in [1.54, 1.807) is 31.7 Å². The van der Waals surface area contributed by atoms with Crippen molar-refractivity contribution in [3.8, 4) is 0 Å². The average Bonchev–Trinajstić information content (AvgIpc) is 3.33. The van der Waals surface area contributed by atoms with Gasteiger partial charge < -0.3 is 32.9 Å². The van der Waals surface area contributed by atoms with Gasteiger partial charge in [0, 0.05) is 27.1 Å². The lowest BCUT2D eigenvalue weighted by molar-refractivity contribution is -0.121. The van der Waals surface area contributed by atoms with Gasteiger partial charge >= 0.3 is 11.3 Å². The number of carbonyl (C=O) groups is 1. The third kappa shape index (κ3) is 4.11. The number of aromatic nitrogens is 2. The molecular formula is C25H25N3O8. The van der Waals surface area contributed by atoms with Crippen molar-refractivity contribution in [1.82, 2.24) is 14.5 Å². The molecule has 0 radical (unpaired) electrons. The van der Waals surface area contributed by atoms with Crippen molar-refractivity contribution < 1.29 is 28.2 Å². The number of nitrogens with zero attached hydrogens (tertiary/aromatic N) is 3. The quantitative estimate of drug-likeness (QED) is 0.230. The van der Waals surface area contributed by atoms with E-state index in [2.05, 4.69) is 4.98 Å². The smallest absolute Gasteiger partial charge is 0.413 e. The van der Waals surface area contributed by atoms with Crippen molar-refractivity contribution in [3.63, 3.8) is 0 Å². The zero-order valence-electron chi connectivity index (χ0n) is 20.0. The van der Waals surface area contributed by atoms with E-state index in [1.165, 1.54) is 4.90 Å². The lowest BCUT2D eigenvalue weighted by atomic mass is 10.1. The Morgan fingerprint density at radius 1 is 1.22 bits per heavy atom. The largest absolute Gasteiger partial charge is 0.423 e. The number of hydrogen-bond acceptors (Lipinski definition) is 9. The molecule has 1 amide bonds. The Balaban J connectivity index is 1.28. The Labute approximate surface area is 204 Å². The second-order valence-electron chi connectivity index (χ2n) is 8.76. The molecule has 2 aromatic heterocycles. The Morgan fingerprint density at radius 3 is 2.72 bits per heavy atom. The van der Waals surface area contributed by atoms with Crippen molar-refractivity contribution in [2.75, 3.05) is 27.0 Å². The van der Waals surface area contributed by atoms with Crippen LogP contribution in [0.1, 0.15) is 33.4 Å². The molecule has 0 spiro atoms. The lowest BCUT2D eigenvalue weighted by Gasteiger charge is -2.19. The van der Waals surface area contributed by atoms with Gasteiger partial charge in [0.25, 0.3) is 5.91 Å². The van der Waals surface area contributed by atoms with Crippen molar-refractivity contribution in [1.29, 1.82) is 0 Å². The van der Waals surface area contributed by atoms with Crippen molar-refractivity contribution >= 4 is 28.1 Å². The number of fused-ring (bicyclic) bond motifs is 4. The molecule has 188 valence electrons. The zero-order chi connectivity index (χ0) is 25.6. The van der Waals surface area contributed by atoms with Crippen molar-refractivity contribution in [2.24, 2.45) is 7.05 Å². The molecule has 1 aliphatic rings. The van der Waals surface area contributed by atoms with E-state index < -0.39 is 29.4 Å². The molecule has 2 unspecified atom stereocenters. The van der Waals surface area contributed by atoms with Crippen LogP contribution in [0.25, 0.3) is 22.2 Å². The minimum absolute atomic E-state index is 0.0543. The summed E-state index contributed by atoms with van der Waals surface area (Å²) in [7, 11) is 3.34. The Bertz CT molecular complexity index is 1580. The molecule has 1 N–H and O–H groups in total. The molecule has 0 fully saturated rings. The highest BCUT2D eigenvalue weighted by Gasteiger charge is 2.31. The van der Waals surface area contributed by atoms with Crippen LogP contribution in [0.4, 0.5) is 0 Å². The van der Waals surface area contributed by atoms with Gasteiger partial charge in [-0.25, -0.2) is 14.6 Å². The monoisotopic (exact) mass is 495 g/mol. The average molecular weight is 495 g/mol. The maximum Gasteiger partial charge on any atom is 0.423 e. The van der Waals surface area contributed by atoms with Gasteiger partial charge in [0.05, 0.1) is 23.8 Å². The van der Waals surface area contributed by atoms with Gasteiger partial charge in [0.15, 0.2) is 5.58 Å². The first kappa shape index (κ1) is 23.9. The molecule has 2 heterocycles. The number of likely N-dealkylation sites (N-methyl/N-ethyl adjacent to an activating group) is 1. The van der Waals surface area contributed by atoms with Crippen LogP contribution in [0.15, 0.2) is 48.8 Å². The molecule has 11 nitrogen and oxygen atoms in total. The summed E-state index contributed by atoms with van der Waals surface area (Å²) in [5, 5.41) is 10.3. The van der Waals surface area contributed by atoms with Crippen LogP contribution in [0.2, 0.25) is 0 Å². The van der Waals surface area contributed by atoms with E-state index in [0.29, 0.717) is 23.3 Å².